The van der Waals surface area contributed by atoms with Gasteiger partial charge >= 0.3 is 0 Å². The van der Waals surface area contributed by atoms with Crippen molar-refractivity contribution >= 4 is 5.91 Å². The van der Waals surface area contributed by atoms with Crippen LogP contribution in [0.4, 0.5) is 8.78 Å². The molecule has 78 valence electrons. The molecule has 0 unspecified atom stereocenters. The molecule has 0 radical (unpaired) electrons. The monoisotopic (exact) mass is 209 g/mol. The van der Waals surface area contributed by atoms with Crippen molar-refractivity contribution in [2.24, 2.45) is 0 Å². The minimum atomic E-state index is -0.731. The van der Waals surface area contributed by atoms with Gasteiger partial charge in [0.25, 0.3) is 0 Å². The van der Waals surface area contributed by atoms with Crippen LogP contribution in [-0.4, -0.2) is 12.5 Å². The normalized spacial score (nSPS) is 9.40. The van der Waals surface area contributed by atoms with Crippen LogP contribution in [0.2, 0.25) is 0 Å². The zero-order chi connectivity index (χ0) is 11.3. The number of amides is 1. The van der Waals surface area contributed by atoms with Gasteiger partial charge in [-0.1, -0.05) is 12.0 Å². The number of terminal acetylenes is 1. The predicted octanol–water partition coefficient (Wildman–Crippen LogP) is 1.26. The first-order valence-corrected chi connectivity index (χ1v) is 4.27. The average molecular weight is 209 g/mol. The van der Waals surface area contributed by atoms with Gasteiger partial charge in [0.1, 0.15) is 11.6 Å². The molecule has 1 N–H and O–H groups in total. The third-order valence-corrected chi connectivity index (χ3v) is 1.75. The summed E-state index contributed by atoms with van der Waals surface area (Å²) in [5.74, 6) is 0.435. The van der Waals surface area contributed by atoms with E-state index in [0.717, 1.165) is 12.1 Å². The van der Waals surface area contributed by atoms with Crippen molar-refractivity contribution in [3.63, 3.8) is 0 Å². The fraction of sp³-hybridized carbons (Fsp3) is 0.182. The van der Waals surface area contributed by atoms with Gasteiger partial charge in [0.05, 0.1) is 13.0 Å². The number of carbonyl (C=O) groups excluding carboxylic acids is 1. The van der Waals surface area contributed by atoms with E-state index in [2.05, 4.69) is 11.2 Å². The number of nitrogens with one attached hydrogen (secondary N) is 1. The van der Waals surface area contributed by atoms with E-state index >= 15 is 0 Å². The largest absolute Gasteiger partial charge is 0.345 e. The van der Waals surface area contributed by atoms with E-state index in [1.165, 1.54) is 6.07 Å². The smallest absolute Gasteiger partial charge is 0.225 e. The standard InChI is InChI=1S/C11H9F2NO/c1-2-5-14-11(15)6-8-3-4-9(12)7-10(8)13/h1,3-4,7H,5-6H2,(H,14,15). The lowest BCUT2D eigenvalue weighted by Gasteiger charge is -2.03. The van der Waals surface area contributed by atoms with Crippen molar-refractivity contribution in [2.75, 3.05) is 6.54 Å². The van der Waals surface area contributed by atoms with E-state index in [9.17, 15) is 13.6 Å². The van der Waals surface area contributed by atoms with Crippen LogP contribution >= 0.6 is 0 Å². The first kappa shape index (κ1) is 11.2. The Bertz CT molecular complexity index is 410. The van der Waals surface area contributed by atoms with Gasteiger partial charge < -0.3 is 5.32 Å². The number of hydrogen-bond acceptors (Lipinski definition) is 1. The summed E-state index contributed by atoms with van der Waals surface area (Å²) in [4.78, 5) is 11.1. The summed E-state index contributed by atoms with van der Waals surface area (Å²) in [6.45, 7) is 0.0989. The molecule has 1 aromatic carbocycles. The van der Waals surface area contributed by atoms with Gasteiger partial charge in [0.2, 0.25) is 5.91 Å². The Balaban J connectivity index is 2.65. The van der Waals surface area contributed by atoms with E-state index < -0.39 is 17.5 Å². The quantitative estimate of drug-likeness (QED) is 0.746. The summed E-state index contributed by atoms with van der Waals surface area (Å²) in [7, 11) is 0. The molecule has 0 aliphatic carbocycles. The first-order chi connectivity index (χ1) is 7.13. The molecule has 2 nitrogen and oxygen atoms in total. The lowest BCUT2D eigenvalue weighted by Crippen LogP contribution is -2.25. The molecule has 0 heterocycles. The van der Waals surface area contributed by atoms with Crippen LogP contribution in [0.25, 0.3) is 0 Å². The van der Waals surface area contributed by atoms with Gasteiger partial charge in [0, 0.05) is 6.07 Å². The highest BCUT2D eigenvalue weighted by Crippen LogP contribution is 2.09. The van der Waals surface area contributed by atoms with E-state index in [1.807, 2.05) is 0 Å². The SMILES string of the molecule is C#CCNC(=O)Cc1ccc(F)cc1F. The molecular formula is C11H9F2NO. The van der Waals surface area contributed by atoms with Gasteiger partial charge in [0.15, 0.2) is 0 Å². The Hall–Kier alpha value is -1.89. The zero-order valence-corrected chi connectivity index (χ0v) is 7.89. The second-order valence-electron chi connectivity index (χ2n) is 2.89. The van der Waals surface area contributed by atoms with Crippen LogP contribution in [0.3, 0.4) is 0 Å². The molecule has 4 heteroatoms. The molecule has 0 bridgehead atoms. The highest BCUT2D eigenvalue weighted by Gasteiger charge is 2.08. The summed E-state index contributed by atoms with van der Waals surface area (Å²) >= 11 is 0. The predicted molar refractivity (Wildman–Crippen MR) is 51.9 cm³/mol. The number of carbonyl (C=O) groups is 1. The van der Waals surface area contributed by atoms with E-state index in [-0.39, 0.29) is 18.5 Å². The molecule has 0 fully saturated rings. The fourth-order valence-electron chi connectivity index (χ4n) is 1.05. The van der Waals surface area contributed by atoms with Crippen LogP contribution in [0.1, 0.15) is 5.56 Å². The van der Waals surface area contributed by atoms with Crippen LogP contribution in [0.15, 0.2) is 18.2 Å². The van der Waals surface area contributed by atoms with Gasteiger partial charge in [-0.3, -0.25) is 4.79 Å². The topological polar surface area (TPSA) is 29.1 Å². The fourth-order valence-corrected chi connectivity index (χ4v) is 1.05. The lowest BCUT2D eigenvalue weighted by molar-refractivity contribution is -0.120. The molecule has 0 spiro atoms. The summed E-state index contributed by atoms with van der Waals surface area (Å²) < 4.78 is 25.6. The summed E-state index contributed by atoms with van der Waals surface area (Å²) in [6.07, 6.45) is 4.79. The van der Waals surface area contributed by atoms with Crippen molar-refractivity contribution in [1.82, 2.24) is 5.32 Å². The van der Waals surface area contributed by atoms with E-state index in [4.69, 9.17) is 6.42 Å². The number of benzene rings is 1. The molecule has 0 aromatic heterocycles. The molecule has 0 saturated carbocycles. The molecule has 0 aliphatic rings. The molecule has 0 aliphatic heterocycles. The van der Waals surface area contributed by atoms with Crippen molar-refractivity contribution in [3.8, 4) is 12.3 Å². The number of rotatable bonds is 3. The Morgan fingerprint density at radius 2 is 2.20 bits per heavy atom. The molecule has 1 rings (SSSR count). The van der Waals surface area contributed by atoms with Crippen molar-refractivity contribution in [1.29, 1.82) is 0 Å². The Kier molecular flexibility index (Phi) is 3.81. The Morgan fingerprint density at radius 1 is 1.47 bits per heavy atom. The summed E-state index contributed by atoms with van der Waals surface area (Å²) in [6, 6.07) is 3.08. The first-order valence-electron chi connectivity index (χ1n) is 4.27. The number of halogens is 2. The van der Waals surface area contributed by atoms with Gasteiger partial charge in [-0.2, -0.15) is 0 Å². The minimum Gasteiger partial charge on any atom is -0.345 e. The van der Waals surface area contributed by atoms with Crippen molar-refractivity contribution in [2.45, 2.75) is 6.42 Å². The summed E-state index contributed by atoms with van der Waals surface area (Å²) in [5.41, 5.74) is 0.144. The molecule has 15 heavy (non-hydrogen) atoms. The summed E-state index contributed by atoms with van der Waals surface area (Å²) in [5, 5.41) is 2.39. The third-order valence-electron chi connectivity index (χ3n) is 1.75. The second-order valence-corrected chi connectivity index (χ2v) is 2.89. The van der Waals surface area contributed by atoms with Crippen molar-refractivity contribution < 1.29 is 13.6 Å². The molecule has 0 saturated heterocycles. The highest BCUT2D eigenvalue weighted by atomic mass is 19.1. The van der Waals surface area contributed by atoms with Crippen molar-refractivity contribution in [3.05, 3.63) is 35.4 Å². The molecule has 1 aromatic rings. The Labute approximate surface area is 86.3 Å². The maximum atomic E-state index is 13.1. The van der Waals surface area contributed by atoms with Gasteiger partial charge in [-0.25, -0.2) is 8.78 Å². The van der Waals surface area contributed by atoms with Crippen LogP contribution < -0.4 is 5.32 Å². The Morgan fingerprint density at radius 3 is 2.80 bits per heavy atom. The van der Waals surface area contributed by atoms with E-state index in [0.29, 0.717) is 0 Å². The average Bonchev–Trinajstić information content (AvgIpc) is 2.19. The lowest BCUT2D eigenvalue weighted by atomic mass is 10.1. The molecule has 0 atom stereocenters. The molecule has 1 amide bonds. The maximum absolute atomic E-state index is 13.1. The highest BCUT2D eigenvalue weighted by molar-refractivity contribution is 5.78. The van der Waals surface area contributed by atoms with Crippen LogP contribution in [-0.2, 0) is 11.2 Å². The van der Waals surface area contributed by atoms with Gasteiger partial charge in [-0.15, -0.1) is 6.42 Å². The van der Waals surface area contributed by atoms with Crippen LogP contribution in [0, 0.1) is 24.0 Å². The number of hydrogen-bond donors (Lipinski definition) is 1. The minimum absolute atomic E-state index is 0.0989. The van der Waals surface area contributed by atoms with E-state index in [1.54, 1.807) is 0 Å². The second kappa shape index (κ2) is 5.11. The van der Waals surface area contributed by atoms with Crippen LogP contribution in [0.5, 0.6) is 0 Å². The zero-order valence-electron chi connectivity index (χ0n) is 7.89. The maximum Gasteiger partial charge on any atom is 0.225 e. The molecular weight excluding hydrogens is 200 g/mol. The van der Waals surface area contributed by atoms with Gasteiger partial charge in [-0.05, 0) is 11.6 Å². The third kappa shape index (κ3) is 3.39.